The Morgan fingerprint density at radius 1 is 1.07 bits per heavy atom. The van der Waals surface area contributed by atoms with Crippen molar-refractivity contribution < 1.29 is 19.4 Å². The smallest absolute Gasteiger partial charge is 0.410 e. The third-order valence-electron chi connectivity index (χ3n) is 6.03. The van der Waals surface area contributed by atoms with Crippen molar-refractivity contribution in [2.45, 2.75) is 64.3 Å². The molecule has 1 spiro atoms. The van der Waals surface area contributed by atoms with Gasteiger partial charge < -0.3 is 19.5 Å². The first kappa shape index (κ1) is 20.7. The van der Waals surface area contributed by atoms with Crippen molar-refractivity contribution in [2.75, 3.05) is 13.1 Å². The van der Waals surface area contributed by atoms with Gasteiger partial charge in [-0.1, -0.05) is 30.3 Å². The van der Waals surface area contributed by atoms with Crippen LogP contribution in [0.3, 0.4) is 0 Å². The Morgan fingerprint density at radius 3 is 2.37 bits per heavy atom. The van der Waals surface area contributed by atoms with Crippen molar-refractivity contribution in [3.8, 4) is 16.9 Å². The monoisotopic (exact) mass is 409 g/mol. The lowest BCUT2D eigenvalue weighted by Gasteiger charge is -2.44. The van der Waals surface area contributed by atoms with Crippen molar-refractivity contribution >= 4 is 6.09 Å². The fourth-order valence-corrected chi connectivity index (χ4v) is 4.28. The van der Waals surface area contributed by atoms with Gasteiger partial charge in [-0.3, -0.25) is 0 Å². The number of carbonyl (C=O) groups is 1. The topological polar surface area (TPSA) is 59.0 Å². The molecule has 1 saturated heterocycles. The molecule has 2 aromatic rings. The molecule has 0 aliphatic carbocycles. The van der Waals surface area contributed by atoms with Gasteiger partial charge in [-0.15, -0.1) is 0 Å². The maximum Gasteiger partial charge on any atom is 0.410 e. The molecule has 0 saturated carbocycles. The zero-order valence-electron chi connectivity index (χ0n) is 18.1. The van der Waals surface area contributed by atoms with E-state index in [9.17, 15) is 9.90 Å². The van der Waals surface area contributed by atoms with E-state index in [2.05, 4.69) is 18.2 Å². The summed E-state index contributed by atoms with van der Waals surface area (Å²) >= 11 is 0. The number of benzene rings is 2. The molecule has 0 atom stereocenters. The molecule has 2 heterocycles. The average molecular weight is 410 g/mol. The maximum absolute atomic E-state index is 12.3. The van der Waals surface area contributed by atoms with Gasteiger partial charge in [0, 0.05) is 25.9 Å². The summed E-state index contributed by atoms with van der Waals surface area (Å²) in [6.45, 7) is 7.08. The van der Waals surface area contributed by atoms with Crippen LogP contribution in [0.25, 0.3) is 11.1 Å². The fraction of sp³-hybridized carbons (Fsp3) is 0.480. The van der Waals surface area contributed by atoms with Gasteiger partial charge in [-0.25, -0.2) is 4.79 Å². The van der Waals surface area contributed by atoms with E-state index in [0.29, 0.717) is 13.1 Å². The number of rotatable bonds is 2. The van der Waals surface area contributed by atoms with Crippen LogP contribution in [0.4, 0.5) is 4.79 Å². The molecule has 2 aliphatic heterocycles. The molecule has 30 heavy (non-hydrogen) atoms. The summed E-state index contributed by atoms with van der Waals surface area (Å²) in [6.07, 6.45) is 3.37. The van der Waals surface area contributed by atoms with E-state index in [4.69, 9.17) is 9.47 Å². The molecular formula is C25H31NO4. The standard InChI is InChI=1S/C25H31NO4/c1-24(2,3)30-23(28)26-14-12-25(13-15-26)11-10-21-16-20(8-9-22(21)29-25)19-6-4-18(17-27)5-7-19/h4-9,16,27H,10-15,17H2,1-3H3. The molecule has 5 nitrogen and oxygen atoms in total. The van der Waals surface area contributed by atoms with Gasteiger partial charge in [0.15, 0.2) is 0 Å². The van der Waals surface area contributed by atoms with Crippen LogP contribution in [-0.2, 0) is 17.8 Å². The largest absolute Gasteiger partial charge is 0.487 e. The van der Waals surface area contributed by atoms with E-state index in [1.54, 1.807) is 4.90 Å². The van der Waals surface area contributed by atoms with Gasteiger partial charge in [-0.05, 0) is 68.0 Å². The number of carbonyl (C=O) groups excluding carboxylic acids is 1. The molecule has 1 amide bonds. The molecular weight excluding hydrogens is 378 g/mol. The van der Waals surface area contributed by atoms with Crippen LogP contribution in [0.15, 0.2) is 42.5 Å². The summed E-state index contributed by atoms with van der Waals surface area (Å²) in [6, 6.07) is 14.4. The highest BCUT2D eigenvalue weighted by Gasteiger charge is 2.41. The summed E-state index contributed by atoms with van der Waals surface area (Å²) in [4.78, 5) is 14.1. The van der Waals surface area contributed by atoms with Gasteiger partial charge in [0.05, 0.1) is 6.61 Å². The summed E-state index contributed by atoms with van der Waals surface area (Å²) in [5.41, 5.74) is 3.80. The highest BCUT2D eigenvalue weighted by atomic mass is 16.6. The fourth-order valence-electron chi connectivity index (χ4n) is 4.28. The molecule has 5 heteroatoms. The van der Waals surface area contributed by atoms with Crippen LogP contribution in [0.5, 0.6) is 5.75 Å². The lowest BCUT2D eigenvalue weighted by molar-refractivity contribution is -0.0272. The number of likely N-dealkylation sites (tertiary alicyclic amines) is 1. The number of aliphatic hydroxyl groups excluding tert-OH is 1. The molecule has 0 radical (unpaired) electrons. The van der Waals surface area contributed by atoms with Crippen LogP contribution in [0.1, 0.15) is 51.2 Å². The minimum absolute atomic E-state index is 0.0613. The maximum atomic E-state index is 12.3. The molecule has 4 rings (SSSR count). The number of hydrogen-bond acceptors (Lipinski definition) is 4. The number of hydrogen-bond donors (Lipinski definition) is 1. The molecule has 1 fully saturated rings. The van der Waals surface area contributed by atoms with Gasteiger partial charge >= 0.3 is 6.09 Å². The summed E-state index contributed by atoms with van der Waals surface area (Å²) < 4.78 is 12.0. The molecule has 0 bridgehead atoms. The number of nitrogens with zero attached hydrogens (tertiary/aromatic N) is 1. The number of ether oxygens (including phenoxy) is 2. The number of amides is 1. The first-order chi connectivity index (χ1) is 14.3. The second kappa shape index (κ2) is 7.95. The highest BCUT2D eigenvalue weighted by molar-refractivity contribution is 5.68. The Hall–Kier alpha value is -2.53. The lowest BCUT2D eigenvalue weighted by Crippen LogP contribution is -2.52. The second-order valence-corrected chi connectivity index (χ2v) is 9.43. The van der Waals surface area contributed by atoms with Crippen LogP contribution >= 0.6 is 0 Å². The van der Waals surface area contributed by atoms with E-state index < -0.39 is 5.60 Å². The van der Waals surface area contributed by atoms with Crippen molar-refractivity contribution in [2.24, 2.45) is 0 Å². The Bertz CT molecular complexity index is 906. The van der Waals surface area contributed by atoms with Crippen molar-refractivity contribution in [3.63, 3.8) is 0 Å². The highest BCUT2D eigenvalue weighted by Crippen LogP contribution is 2.41. The quantitative estimate of drug-likeness (QED) is 0.763. The van der Waals surface area contributed by atoms with Gasteiger partial charge in [0.2, 0.25) is 0 Å². The first-order valence-corrected chi connectivity index (χ1v) is 10.8. The van der Waals surface area contributed by atoms with E-state index in [1.807, 2.05) is 45.0 Å². The number of fused-ring (bicyclic) bond motifs is 1. The molecule has 1 N–H and O–H groups in total. The Balaban J connectivity index is 1.42. The van der Waals surface area contributed by atoms with Gasteiger partial charge in [0.1, 0.15) is 17.0 Å². The zero-order valence-corrected chi connectivity index (χ0v) is 18.1. The van der Waals surface area contributed by atoms with Gasteiger partial charge in [0.25, 0.3) is 0 Å². The normalized spacial score (nSPS) is 17.9. The SMILES string of the molecule is CC(C)(C)OC(=O)N1CCC2(CCc3cc(-c4ccc(CO)cc4)ccc3O2)CC1. The number of aryl methyl sites for hydroxylation is 1. The van der Waals surface area contributed by atoms with Crippen molar-refractivity contribution in [1.29, 1.82) is 0 Å². The van der Waals surface area contributed by atoms with E-state index in [1.165, 1.54) is 5.56 Å². The van der Waals surface area contributed by atoms with Crippen LogP contribution in [0, 0.1) is 0 Å². The van der Waals surface area contributed by atoms with E-state index >= 15 is 0 Å². The van der Waals surface area contributed by atoms with Crippen LogP contribution < -0.4 is 4.74 Å². The second-order valence-electron chi connectivity index (χ2n) is 9.43. The first-order valence-electron chi connectivity index (χ1n) is 10.8. The van der Waals surface area contributed by atoms with Crippen LogP contribution in [-0.4, -0.2) is 40.4 Å². The Morgan fingerprint density at radius 2 is 1.73 bits per heavy atom. The van der Waals surface area contributed by atoms with Gasteiger partial charge in [-0.2, -0.15) is 0 Å². The van der Waals surface area contributed by atoms with Crippen LogP contribution in [0.2, 0.25) is 0 Å². The van der Waals surface area contributed by atoms with E-state index in [-0.39, 0.29) is 18.3 Å². The average Bonchev–Trinajstić information content (AvgIpc) is 2.73. The number of piperidine rings is 1. The molecule has 2 aromatic carbocycles. The summed E-state index contributed by atoms with van der Waals surface area (Å²) in [5.74, 6) is 0.961. The Kier molecular flexibility index (Phi) is 5.49. The van der Waals surface area contributed by atoms with E-state index in [0.717, 1.165) is 48.1 Å². The molecule has 160 valence electrons. The lowest BCUT2D eigenvalue weighted by atomic mass is 9.82. The van der Waals surface area contributed by atoms with Crippen molar-refractivity contribution in [1.82, 2.24) is 4.90 Å². The minimum atomic E-state index is -0.470. The number of aliphatic hydroxyl groups is 1. The Labute approximate surface area is 178 Å². The third-order valence-corrected chi connectivity index (χ3v) is 6.03. The third kappa shape index (κ3) is 4.46. The minimum Gasteiger partial charge on any atom is -0.487 e. The summed E-state index contributed by atoms with van der Waals surface area (Å²) in [5, 5.41) is 9.23. The molecule has 2 aliphatic rings. The molecule has 0 unspecified atom stereocenters. The predicted octanol–water partition coefficient (Wildman–Crippen LogP) is 4.94. The van der Waals surface area contributed by atoms with Crippen molar-refractivity contribution in [3.05, 3.63) is 53.6 Å². The zero-order chi connectivity index (χ0) is 21.4. The summed E-state index contributed by atoms with van der Waals surface area (Å²) in [7, 11) is 0. The predicted molar refractivity (Wildman–Crippen MR) is 117 cm³/mol. The molecule has 0 aromatic heterocycles.